The van der Waals surface area contributed by atoms with E-state index >= 15 is 0 Å². The number of benzene rings is 2. The molecule has 0 aliphatic rings. The molecule has 0 amide bonds. The van der Waals surface area contributed by atoms with E-state index in [-0.39, 0.29) is 5.82 Å². The lowest BCUT2D eigenvalue weighted by molar-refractivity contribution is 0.261. The maximum absolute atomic E-state index is 14.7. The van der Waals surface area contributed by atoms with Crippen molar-refractivity contribution in [3.8, 4) is 39.5 Å². The smallest absolute Gasteiger partial charge is 0.138 e. The predicted octanol–water partition coefficient (Wildman–Crippen LogP) is 5.89. The molecule has 0 bridgehead atoms. The molecule has 0 unspecified atom stereocenters. The van der Waals surface area contributed by atoms with Gasteiger partial charge in [0.15, 0.2) is 0 Å². The normalized spacial score (nSPS) is 11.7. The van der Waals surface area contributed by atoms with Gasteiger partial charge in [0.1, 0.15) is 23.9 Å². The maximum Gasteiger partial charge on any atom is 0.138 e. The molecule has 6 rings (SSSR count). The first-order valence-electron chi connectivity index (χ1n) is 14.2. The summed E-state index contributed by atoms with van der Waals surface area (Å²) in [5, 5.41) is 13.0. The van der Waals surface area contributed by atoms with Gasteiger partial charge in [-0.15, -0.1) is 0 Å². The van der Waals surface area contributed by atoms with Crippen LogP contribution in [-0.2, 0) is 0 Å². The summed E-state index contributed by atoms with van der Waals surface area (Å²) in [7, 11) is 8.05. The number of rotatable bonds is 11. The molecular formula is C33H35FN8O. The Bertz CT molecular complexity index is 1880. The van der Waals surface area contributed by atoms with Crippen LogP contribution in [0.25, 0.3) is 55.6 Å². The van der Waals surface area contributed by atoms with Crippen molar-refractivity contribution in [3.05, 3.63) is 79.0 Å². The van der Waals surface area contributed by atoms with E-state index in [1.807, 2.05) is 64.6 Å². The van der Waals surface area contributed by atoms with E-state index in [1.54, 1.807) is 24.7 Å². The summed E-state index contributed by atoms with van der Waals surface area (Å²) in [6.45, 7) is 2.96. The summed E-state index contributed by atoms with van der Waals surface area (Å²) in [6, 6.07) is 17.2. The fourth-order valence-corrected chi connectivity index (χ4v) is 5.07. The number of aromatic amines is 2. The molecule has 10 heteroatoms. The first-order chi connectivity index (χ1) is 20.8. The summed E-state index contributed by atoms with van der Waals surface area (Å²) in [4.78, 5) is 16.7. The highest BCUT2D eigenvalue weighted by atomic mass is 19.1. The standard InChI is InChI=1S/C33H35FN8O/c1-41(2)9-8-36-24-13-21(12-23(34)15-24)26-6-5-7-29-27(26)16-31(38-29)33-28-17-30(37-20-32(28)39-40-33)22-14-25(19-35-18-22)43-11-10-42(3)4/h5-7,12-20,36,38H,8-11H2,1-4H3,(H,39,40). The number of fused-ring (bicyclic) bond motifs is 2. The topological polar surface area (TPSA) is 98.0 Å². The fourth-order valence-electron chi connectivity index (χ4n) is 5.07. The van der Waals surface area contributed by atoms with E-state index in [2.05, 4.69) is 46.3 Å². The Morgan fingerprint density at radius 2 is 1.72 bits per heavy atom. The van der Waals surface area contributed by atoms with Gasteiger partial charge in [-0.1, -0.05) is 12.1 Å². The first kappa shape index (κ1) is 28.3. The van der Waals surface area contributed by atoms with E-state index in [1.165, 1.54) is 6.07 Å². The highest BCUT2D eigenvalue weighted by Gasteiger charge is 2.16. The minimum Gasteiger partial charge on any atom is -0.491 e. The van der Waals surface area contributed by atoms with E-state index in [4.69, 9.17) is 4.74 Å². The quantitative estimate of drug-likeness (QED) is 0.176. The van der Waals surface area contributed by atoms with Gasteiger partial charge >= 0.3 is 0 Å². The Hall–Kier alpha value is -4.80. The zero-order valence-electron chi connectivity index (χ0n) is 24.8. The van der Waals surface area contributed by atoms with Crippen molar-refractivity contribution in [2.45, 2.75) is 0 Å². The molecule has 4 heterocycles. The van der Waals surface area contributed by atoms with E-state index in [9.17, 15) is 4.39 Å². The number of anilines is 1. The van der Waals surface area contributed by atoms with Crippen LogP contribution in [0.15, 0.2) is 73.2 Å². The summed E-state index contributed by atoms with van der Waals surface area (Å²) < 4.78 is 20.6. The minimum atomic E-state index is -0.280. The van der Waals surface area contributed by atoms with Crippen LogP contribution in [0.2, 0.25) is 0 Å². The summed E-state index contributed by atoms with van der Waals surface area (Å²) in [5.41, 5.74) is 7.52. The first-order valence-corrected chi connectivity index (χ1v) is 14.2. The lowest BCUT2D eigenvalue weighted by Crippen LogP contribution is -2.20. The van der Waals surface area contributed by atoms with Crippen molar-refractivity contribution in [3.63, 3.8) is 0 Å². The molecule has 220 valence electrons. The summed E-state index contributed by atoms with van der Waals surface area (Å²) in [6.07, 6.45) is 5.28. The van der Waals surface area contributed by atoms with Gasteiger partial charge in [-0.3, -0.25) is 15.1 Å². The van der Waals surface area contributed by atoms with Crippen LogP contribution in [0.5, 0.6) is 5.75 Å². The molecule has 0 spiro atoms. The van der Waals surface area contributed by atoms with Crippen LogP contribution in [0.3, 0.4) is 0 Å². The molecule has 3 N–H and O–H groups in total. The van der Waals surface area contributed by atoms with Gasteiger partial charge in [0.25, 0.3) is 0 Å². The summed E-state index contributed by atoms with van der Waals surface area (Å²) >= 11 is 0. The number of hydrogen-bond acceptors (Lipinski definition) is 7. The monoisotopic (exact) mass is 578 g/mol. The Kier molecular flexibility index (Phi) is 8.04. The molecule has 9 nitrogen and oxygen atoms in total. The highest BCUT2D eigenvalue weighted by Crippen LogP contribution is 2.36. The molecule has 0 fully saturated rings. The van der Waals surface area contributed by atoms with Gasteiger partial charge in [0.05, 0.1) is 29.3 Å². The number of ether oxygens (including phenoxy) is 1. The second-order valence-electron chi connectivity index (χ2n) is 11.2. The molecule has 0 aliphatic heterocycles. The molecule has 2 aromatic carbocycles. The van der Waals surface area contributed by atoms with Gasteiger partial charge in [-0.05, 0) is 81.8 Å². The minimum absolute atomic E-state index is 0.280. The average Bonchev–Trinajstić information content (AvgIpc) is 3.60. The zero-order valence-corrected chi connectivity index (χ0v) is 24.8. The van der Waals surface area contributed by atoms with Crippen molar-refractivity contribution in [1.29, 1.82) is 0 Å². The summed E-state index contributed by atoms with van der Waals surface area (Å²) in [5.74, 6) is 0.419. The zero-order chi connectivity index (χ0) is 29.9. The lowest BCUT2D eigenvalue weighted by atomic mass is 10.0. The van der Waals surface area contributed by atoms with Crippen LogP contribution in [0.1, 0.15) is 0 Å². The van der Waals surface area contributed by atoms with Crippen molar-refractivity contribution >= 4 is 27.5 Å². The van der Waals surface area contributed by atoms with Crippen molar-refractivity contribution < 1.29 is 9.13 Å². The fraction of sp³-hybridized carbons (Fsp3) is 0.242. The Morgan fingerprint density at radius 3 is 2.56 bits per heavy atom. The second kappa shape index (κ2) is 12.2. The SMILES string of the molecule is CN(C)CCNc1cc(F)cc(-c2cccc3[nH]c(-c4n[nH]c5cnc(-c6cncc(OCCN(C)C)c6)cc45)cc23)c1. The molecule has 43 heavy (non-hydrogen) atoms. The van der Waals surface area contributed by atoms with Crippen molar-refractivity contribution in [2.75, 3.05) is 59.7 Å². The number of pyridine rings is 2. The maximum atomic E-state index is 14.7. The van der Waals surface area contributed by atoms with Gasteiger partial charge in [0, 0.05) is 53.4 Å². The number of aromatic nitrogens is 5. The number of nitrogens with zero attached hydrogens (tertiary/aromatic N) is 5. The van der Waals surface area contributed by atoms with E-state index in [0.717, 1.165) is 80.9 Å². The van der Waals surface area contributed by atoms with Gasteiger partial charge in [0.2, 0.25) is 0 Å². The van der Waals surface area contributed by atoms with Gasteiger partial charge < -0.3 is 24.8 Å². The van der Waals surface area contributed by atoms with Crippen LogP contribution in [0, 0.1) is 5.82 Å². The predicted molar refractivity (Wildman–Crippen MR) is 171 cm³/mol. The molecule has 4 aromatic heterocycles. The second-order valence-corrected chi connectivity index (χ2v) is 11.2. The number of halogens is 1. The van der Waals surface area contributed by atoms with Gasteiger partial charge in [-0.2, -0.15) is 5.10 Å². The van der Waals surface area contributed by atoms with Crippen LogP contribution < -0.4 is 10.1 Å². The Balaban J connectivity index is 1.33. The van der Waals surface area contributed by atoms with Crippen molar-refractivity contribution in [2.24, 2.45) is 0 Å². The molecule has 0 radical (unpaired) electrons. The third-order valence-electron chi connectivity index (χ3n) is 7.28. The molecule has 0 saturated carbocycles. The lowest BCUT2D eigenvalue weighted by Gasteiger charge is -2.13. The number of H-pyrrole nitrogens is 2. The number of hydrogen-bond donors (Lipinski definition) is 3. The van der Waals surface area contributed by atoms with Crippen molar-refractivity contribution in [1.82, 2.24) is 34.9 Å². The molecule has 6 aromatic rings. The average molecular weight is 579 g/mol. The largest absolute Gasteiger partial charge is 0.491 e. The van der Waals surface area contributed by atoms with Crippen LogP contribution >= 0.6 is 0 Å². The third-order valence-corrected chi connectivity index (χ3v) is 7.28. The number of nitrogens with one attached hydrogen (secondary N) is 3. The Morgan fingerprint density at radius 1 is 0.860 bits per heavy atom. The van der Waals surface area contributed by atoms with Crippen LogP contribution in [-0.4, -0.2) is 89.4 Å². The number of likely N-dealkylation sites (N-methyl/N-ethyl adjacent to an activating group) is 2. The molecule has 0 saturated heterocycles. The van der Waals surface area contributed by atoms with Gasteiger partial charge in [-0.25, -0.2) is 4.39 Å². The van der Waals surface area contributed by atoms with E-state index < -0.39 is 0 Å². The van der Waals surface area contributed by atoms with Crippen LogP contribution in [0.4, 0.5) is 10.1 Å². The molecule has 0 aliphatic carbocycles. The Labute approximate surface area is 249 Å². The highest BCUT2D eigenvalue weighted by molar-refractivity contribution is 6.01. The molecule has 0 atom stereocenters. The third kappa shape index (κ3) is 6.35. The molecular weight excluding hydrogens is 543 g/mol. The van der Waals surface area contributed by atoms with E-state index in [0.29, 0.717) is 12.4 Å².